The molecule has 8 heteroatoms. The Bertz CT molecular complexity index is 595. The lowest BCUT2D eigenvalue weighted by molar-refractivity contribution is -0.174. The predicted molar refractivity (Wildman–Crippen MR) is 67.6 cm³/mol. The van der Waals surface area contributed by atoms with Gasteiger partial charge in [0.15, 0.2) is 0 Å². The van der Waals surface area contributed by atoms with Crippen LogP contribution >= 0.6 is 0 Å². The first kappa shape index (κ1) is 14.4. The van der Waals surface area contributed by atoms with Crippen LogP contribution in [0.4, 0.5) is 19.1 Å². The number of nitrogens with zero attached hydrogens (tertiary/aromatic N) is 2. The molecular formula is C12H14F3N3O2. The highest BCUT2D eigenvalue weighted by Crippen LogP contribution is 2.23. The molecule has 0 aliphatic heterocycles. The molecule has 110 valence electrons. The lowest BCUT2D eigenvalue weighted by atomic mass is 10.3. The van der Waals surface area contributed by atoms with Crippen molar-refractivity contribution in [3.63, 3.8) is 0 Å². The fourth-order valence-corrected chi connectivity index (χ4v) is 1.83. The van der Waals surface area contributed by atoms with Crippen molar-refractivity contribution in [3.8, 4) is 5.75 Å². The van der Waals surface area contributed by atoms with E-state index in [4.69, 9.17) is 10.5 Å². The van der Waals surface area contributed by atoms with Crippen molar-refractivity contribution in [2.75, 3.05) is 26.1 Å². The molecule has 20 heavy (non-hydrogen) atoms. The second-order valence-electron chi connectivity index (χ2n) is 4.14. The lowest BCUT2D eigenvalue weighted by Gasteiger charge is -2.09. The Hall–Kier alpha value is -1.96. The minimum Gasteiger partial charge on any atom is -0.497 e. The number of aromatic nitrogens is 2. The fourth-order valence-electron chi connectivity index (χ4n) is 1.83. The van der Waals surface area contributed by atoms with Gasteiger partial charge in [0.1, 0.15) is 12.4 Å². The Morgan fingerprint density at radius 2 is 2.10 bits per heavy atom. The average Bonchev–Trinajstić information content (AvgIpc) is 2.68. The number of hydrogen-bond donors (Lipinski definition) is 1. The van der Waals surface area contributed by atoms with Crippen molar-refractivity contribution in [3.05, 3.63) is 18.2 Å². The molecule has 1 heterocycles. The summed E-state index contributed by atoms with van der Waals surface area (Å²) in [7, 11) is 1.53. The number of halogens is 3. The quantitative estimate of drug-likeness (QED) is 0.857. The molecule has 0 aliphatic carbocycles. The van der Waals surface area contributed by atoms with E-state index in [1.54, 1.807) is 22.8 Å². The molecule has 0 saturated carbocycles. The molecule has 2 aromatic rings. The highest BCUT2D eigenvalue weighted by molar-refractivity contribution is 5.79. The number of nitrogen functional groups attached to an aromatic ring is 1. The van der Waals surface area contributed by atoms with E-state index in [1.807, 2.05) is 0 Å². The summed E-state index contributed by atoms with van der Waals surface area (Å²) in [5, 5.41) is 0. The maximum atomic E-state index is 12.0. The van der Waals surface area contributed by atoms with Gasteiger partial charge in [-0.1, -0.05) is 0 Å². The summed E-state index contributed by atoms with van der Waals surface area (Å²) in [6.07, 6.45) is -4.32. The Balaban J connectivity index is 2.08. The number of methoxy groups -OCH3 is 1. The van der Waals surface area contributed by atoms with Crippen LogP contribution in [-0.2, 0) is 11.3 Å². The summed E-state index contributed by atoms with van der Waals surface area (Å²) in [6, 6.07) is 5.19. The molecule has 0 fully saturated rings. The SMILES string of the molecule is COc1ccc2c(c1)nc(N)n2CCOCC(F)(F)F. The zero-order valence-corrected chi connectivity index (χ0v) is 10.8. The molecule has 2 N–H and O–H groups in total. The van der Waals surface area contributed by atoms with Crippen molar-refractivity contribution in [1.29, 1.82) is 0 Å². The van der Waals surface area contributed by atoms with Gasteiger partial charge in [-0.05, 0) is 12.1 Å². The highest BCUT2D eigenvalue weighted by atomic mass is 19.4. The third-order valence-corrected chi connectivity index (χ3v) is 2.71. The van der Waals surface area contributed by atoms with Crippen LogP contribution in [0.3, 0.4) is 0 Å². The number of ether oxygens (including phenoxy) is 2. The molecule has 2 rings (SSSR count). The first-order valence-corrected chi connectivity index (χ1v) is 5.85. The van der Waals surface area contributed by atoms with Crippen molar-refractivity contribution in [2.45, 2.75) is 12.7 Å². The van der Waals surface area contributed by atoms with Gasteiger partial charge in [0.2, 0.25) is 5.95 Å². The molecule has 0 saturated heterocycles. The summed E-state index contributed by atoms with van der Waals surface area (Å²) in [5.41, 5.74) is 7.09. The summed E-state index contributed by atoms with van der Waals surface area (Å²) >= 11 is 0. The van der Waals surface area contributed by atoms with Crippen molar-refractivity contribution >= 4 is 17.0 Å². The van der Waals surface area contributed by atoms with Gasteiger partial charge in [-0.15, -0.1) is 0 Å². The van der Waals surface area contributed by atoms with Crippen LogP contribution in [-0.4, -0.2) is 36.1 Å². The standard InChI is InChI=1S/C12H14F3N3O2/c1-19-8-2-3-10-9(6-8)17-11(16)18(10)4-5-20-7-12(13,14)15/h2-3,6H,4-5,7H2,1H3,(H2,16,17). The maximum Gasteiger partial charge on any atom is 0.411 e. The van der Waals surface area contributed by atoms with E-state index in [0.717, 1.165) is 5.52 Å². The molecule has 0 spiro atoms. The topological polar surface area (TPSA) is 62.3 Å². The zero-order valence-electron chi connectivity index (χ0n) is 10.8. The number of benzene rings is 1. The molecule has 0 unspecified atom stereocenters. The minimum atomic E-state index is -4.32. The second-order valence-corrected chi connectivity index (χ2v) is 4.14. The molecule has 0 bridgehead atoms. The van der Waals surface area contributed by atoms with Crippen molar-refractivity contribution in [2.24, 2.45) is 0 Å². The van der Waals surface area contributed by atoms with Gasteiger partial charge in [-0.2, -0.15) is 13.2 Å². The van der Waals surface area contributed by atoms with Crippen molar-refractivity contribution < 1.29 is 22.6 Å². The van der Waals surface area contributed by atoms with Crippen LogP contribution in [0.5, 0.6) is 5.75 Å². The number of fused-ring (bicyclic) bond motifs is 1. The average molecular weight is 289 g/mol. The van der Waals surface area contributed by atoms with Crippen LogP contribution in [0.1, 0.15) is 0 Å². The van der Waals surface area contributed by atoms with E-state index in [-0.39, 0.29) is 19.1 Å². The number of rotatable bonds is 5. The number of nitrogens with two attached hydrogens (primary N) is 1. The van der Waals surface area contributed by atoms with Gasteiger partial charge in [0.05, 0.1) is 24.8 Å². The minimum absolute atomic E-state index is 0.0960. The van der Waals surface area contributed by atoms with E-state index < -0.39 is 12.8 Å². The molecule has 0 amide bonds. The summed E-state index contributed by atoms with van der Waals surface area (Å²) < 4.78 is 47.1. The van der Waals surface area contributed by atoms with Gasteiger partial charge in [-0.3, -0.25) is 0 Å². The van der Waals surface area contributed by atoms with Crippen LogP contribution in [0, 0.1) is 0 Å². The maximum absolute atomic E-state index is 12.0. The molecule has 5 nitrogen and oxygen atoms in total. The number of alkyl halides is 3. The molecule has 0 radical (unpaired) electrons. The molecule has 1 aromatic heterocycles. The van der Waals surface area contributed by atoms with Gasteiger partial charge in [0, 0.05) is 12.6 Å². The Labute approximate surface area is 113 Å². The highest BCUT2D eigenvalue weighted by Gasteiger charge is 2.27. The van der Waals surface area contributed by atoms with Gasteiger partial charge in [0.25, 0.3) is 0 Å². The smallest absolute Gasteiger partial charge is 0.411 e. The Morgan fingerprint density at radius 1 is 1.35 bits per heavy atom. The van der Waals surface area contributed by atoms with E-state index in [0.29, 0.717) is 11.3 Å². The summed E-state index contributed by atoms with van der Waals surface area (Å²) in [6.45, 7) is -1.17. The van der Waals surface area contributed by atoms with Crippen LogP contribution in [0.2, 0.25) is 0 Å². The predicted octanol–water partition coefficient (Wildman–Crippen LogP) is 2.21. The number of anilines is 1. The van der Waals surface area contributed by atoms with Crippen LogP contribution < -0.4 is 10.5 Å². The zero-order chi connectivity index (χ0) is 14.8. The summed E-state index contributed by atoms with van der Waals surface area (Å²) in [4.78, 5) is 4.13. The largest absolute Gasteiger partial charge is 0.497 e. The Morgan fingerprint density at radius 3 is 2.75 bits per heavy atom. The number of imidazole rings is 1. The van der Waals surface area contributed by atoms with Gasteiger partial charge >= 0.3 is 6.18 Å². The molecule has 1 aromatic carbocycles. The van der Waals surface area contributed by atoms with E-state index in [1.165, 1.54) is 7.11 Å². The monoisotopic (exact) mass is 289 g/mol. The molecule has 0 atom stereocenters. The fraction of sp³-hybridized carbons (Fsp3) is 0.417. The van der Waals surface area contributed by atoms with E-state index in [2.05, 4.69) is 9.72 Å². The van der Waals surface area contributed by atoms with Crippen molar-refractivity contribution in [1.82, 2.24) is 9.55 Å². The second kappa shape index (κ2) is 5.58. The summed E-state index contributed by atoms with van der Waals surface area (Å²) in [5.74, 6) is 0.860. The first-order valence-electron chi connectivity index (χ1n) is 5.85. The third-order valence-electron chi connectivity index (χ3n) is 2.71. The number of hydrogen-bond acceptors (Lipinski definition) is 4. The van der Waals surface area contributed by atoms with E-state index >= 15 is 0 Å². The molecular weight excluding hydrogens is 275 g/mol. The normalized spacial score (nSPS) is 12.0. The van der Waals surface area contributed by atoms with Crippen LogP contribution in [0.15, 0.2) is 18.2 Å². The lowest BCUT2D eigenvalue weighted by Crippen LogP contribution is -2.19. The van der Waals surface area contributed by atoms with Crippen LogP contribution in [0.25, 0.3) is 11.0 Å². The van der Waals surface area contributed by atoms with Gasteiger partial charge < -0.3 is 19.8 Å². The first-order chi connectivity index (χ1) is 9.40. The third kappa shape index (κ3) is 3.32. The molecule has 0 aliphatic rings. The van der Waals surface area contributed by atoms with E-state index in [9.17, 15) is 13.2 Å². The Kier molecular flexibility index (Phi) is 4.03. The van der Waals surface area contributed by atoms with Gasteiger partial charge in [-0.25, -0.2) is 4.98 Å².